The molecule has 0 saturated heterocycles. The van der Waals surface area contributed by atoms with Gasteiger partial charge in [0.25, 0.3) is 0 Å². The maximum absolute atomic E-state index is 4.88. The molecule has 7 rings (SSSR count). The summed E-state index contributed by atoms with van der Waals surface area (Å²) in [6.45, 7) is 0. The highest BCUT2D eigenvalue weighted by Gasteiger charge is 2.16. The number of fused-ring (bicyclic) bond motifs is 3. The first-order chi connectivity index (χ1) is 17.9. The molecule has 0 radical (unpaired) electrons. The second kappa shape index (κ2) is 8.44. The van der Waals surface area contributed by atoms with Crippen molar-refractivity contribution in [3.05, 3.63) is 134 Å². The van der Waals surface area contributed by atoms with Crippen LogP contribution in [0.1, 0.15) is 0 Å². The Balaban J connectivity index is 1.44. The Morgan fingerprint density at radius 2 is 1.03 bits per heavy atom. The second-order valence-corrected chi connectivity index (χ2v) is 9.05. The third kappa shape index (κ3) is 3.35. The minimum atomic E-state index is 0.982. The zero-order valence-electron chi connectivity index (χ0n) is 19.6. The van der Waals surface area contributed by atoms with Gasteiger partial charge in [0.05, 0.1) is 11.2 Å². The van der Waals surface area contributed by atoms with Gasteiger partial charge in [0.15, 0.2) is 0 Å². The van der Waals surface area contributed by atoms with E-state index in [1.54, 1.807) is 0 Å². The summed E-state index contributed by atoms with van der Waals surface area (Å²) in [5.41, 5.74) is 7.96. The van der Waals surface area contributed by atoms with Gasteiger partial charge in [0.2, 0.25) is 0 Å². The zero-order chi connectivity index (χ0) is 23.9. The van der Waals surface area contributed by atoms with E-state index < -0.39 is 0 Å². The molecule has 0 bridgehead atoms. The molecule has 2 heteroatoms. The van der Waals surface area contributed by atoms with Crippen molar-refractivity contribution in [1.82, 2.24) is 9.97 Å². The van der Waals surface area contributed by atoms with Crippen molar-refractivity contribution in [2.75, 3.05) is 0 Å². The number of rotatable bonds is 3. The van der Waals surface area contributed by atoms with Crippen molar-refractivity contribution in [1.29, 1.82) is 0 Å². The Morgan fingerprint density at radius 1 is 0.417 bits per heavy atom. The lowest BCUT2D eigenvalue weighted by atomic mass is 9.86. The zero-order valence-corrected chi connectivity index (χ0v) is 19.6. The van der Waals surface area contributed by atoms with Crippen LogP contribution in [0.2, 0.25) is 0 Å². The van der Waals surface area contributed by atoms with Crippen molar-refractivity contribution in [2.24, 2.45) is 0 Å². The molecule has 7 aromatic rings. The van der Waals surface area contributed by atoms with E-state index in [1.165, 1.54) is 38.4 Å². The van der Waals surface area contributed by atoms with Gasteiger partial charge in [0.1, 0.15) is 0 Å². The van der Waals surface area contributed by atoms with E-state index in [0.29, 0.717) is 0 Å². The average molecular weight is 459 g/mol. The molecular formula is C34H22N2. The number of nitrogens with zero attached hydrogens (tertiary/aromatic N) is 2. The Labute approximate surface area is 209 Å². The lowest BCUT2D eigenvalue weighted by molar-refractivity contribution is 1.37. The summed E-state index contributed by atoms with van der Waals surface area (Å²) in [6, 6.07) is 42.7. The van der Waals surface area contributed by atoms with E-state index in [1.807, 2.05) is 24.5 Å². The molecule has 0 fully saturated rings. The van der Waals surface area contributed by atoms with Gasteiger partial charge < -0.3 is 0 Å². The number of hydrogen-bond donors (Lipinski definition) is 0. The van der Waals surface area contributed by atoms with Gasteiger partial charge in [0, 0.05) is 28.7 Å². The highest BCUT2D eigenvalue weighted by molar-refractivity contribution is 6.21. The summed E-state index contributed by atoms with van der Waals surface area (Å²) >= 11 is 0. The fourth-order valence-electron chi connectivity index (χ4n) is 5.28. The van der Waals surface area contributed by atoms with Gasteiger partial charge in [-0.3, -0.25) is 4.98 Å². The number of hydrogen-bond acceptors (Lipinski definition) is 2. The van der Waals surface area contributed by atoms with Gasteiger partial charge in [-0.1, -0.05) is 103 Å². The largest absolute Gasteiger partial charge is 0.264 e. The monoisotopic (exact) mass is 458 g/mol. The van der Waals surface area contributed by atoms with Crippen molar-refractivity contribution in [2.45, 2.75) is 0 Å². The predicted octanol–water partition coefficient (Wildman–Crippen LogP) is 8.94. The molecule has 2 aromatic heterocycles. The number of aromatic nitrogens is 2. The summed E-state index contributed by atoms with van der Waals surface area (Å²) in [4.78, 5) is 9.41. The molecule has 0 aliphatic carbocycles. The second-order valence-electron chi connectivity index (χ2n) is 9.05. The highest BCUT2D eigenvalue weighted by atomic mass is 14.7. The maximum atomic E-state index is 4.88. The third-order valence-electron chi connectivity index (χ3n) is 6.96. The van der Waals surface area contributed by atoms with Crippen LogP contribution >= 0.6 is 0 Å². The summed E-state index contributed by atoms with van der Waals surface area (Å²) in [5, 5.41) is 6.00. The van der Waals surface area contributed by atoms with Gasteiger partial charge >= 0.3 is 0 Å². The average Bonchev–Trinajstić information content (AvgIpc) is 2.96. The van der Waals surface area contributed by atoms with Crippen molar-refractivity contribution < 1.29 is 0 Å². The molecule has 0 atom stereocenters. The van der Waals surface area contributed by atoms with E-state index in [-0.39, 0.29) is 0 Å². The Kier molecular flexibility index (Phi) is 4.82. The number of para-hydroxylation sites is 1. The third-order valence-corrected chi connectivity index (χ3v) is 6.96. The summed E-state index contributed by atoms with van der Waals surface area (Å²) in [5.74, 6) is 0. The summed E-state index contributed by atoms with van der Waals surface area (Å²) < 4.78 is 0. The van der Waals surface area contributed by atoms with Gasteiger partial charge in [-0.15, -0.1) is 0 Å². The molecular weight excluding hydrogens is 436 g/mol. The normalized spacial score (nSPS) is 11.3. The molecule has 168 valence electrons. The van der Waals surface area contributed by atoms with Crippen LogP contribution in [0.25, 0.3) is 66.0 Å². The number of pyridine rings is 2. The first-order valence-corrected chi connectivity index (χ1v) is 12.2. The molecule has 36 heavy (non-hydrogen) atoms. The first-order valence-electron chi connectivity index (χ1n) is 12.2. The van der Waals surface area contributed by atoms with E-state index in [2.05, 4.69) is 114 Å². The van der Waals surface area contributed by atoms with Crippen LogP contribution in [0.4, 0.5) is 0 Å². The Bertz CT molecular complexity index is 1810. The summed E-state index contributed by atoms with van der Waals surface area (Å²) in [6.07, 6.45) is 3.89. The van der Waals surface area contributed by atoms with E-state index in [4.69, 9.17) is 4.98 Å². The topological polar surface area (TPSA) is 25.8 Å². The van der Waals surface area contributed by atoms with Crippen LogP contribution in [-0.2, 0) is 0 Å². The van der Waals surface area contributed by atoms with Crippen molar-refractivity contribution in [3.63, 3.8) is 0 Å². The summed E-state index contributed by atoms with van der Waals surface area (Å²) in [7, 11) is 0. The minimum absolute atomic E-state index is 0.982. The molecule has 0 unspecified atom stereocenters. The molecule has 0 aliphatic heterocycles. The van der Waals surface area contributed by atoms with Gasteiger partial charge in [-0.25, -0.2) is 4.98 Å². The minimum Gasteiger partial charge on any atom is -0.264 e. The first kappa shape index (κ1) is 20.5. The molecule has 0 spiro atoms. The highest BCUT2D eigenvalue weighted by Crippen LogP contribution is 2.43. The molecule has 0 N–H and O–H groups in total. The van der Waals surface area contributed by atoms with Crippen LogP contribution in [0, 0.1) is 0 Å². The Hall–Kier alpha value is -4.82. The molecule has 0 amide bonds. The van der Waals surface area contributed by atoms with Crippen LogP contribution in [0.5, 0.6) is 0 Å². The smallest absolute Gasteiger partial charge is 0.0709 e. The SMILES string of the molecule is c1ccc(-c2c3ccccc3c(-c3ccc(-c4ccc5ccccc5n4)cc3)c3cnccc23)cc1. The van der Waals surface area contributed by atoms with E-state index >= 15 is 0 Å². The molecule has 0 aliphatic rings. The van der Waals surface area contributed by atoms with Gasteiger partial charge in [-0.2, -0.15) is 0 Å². The predicted molar refractivity (Wildman–Crippen MR) is 151 cm³/mol. The van der Waals surface area contributed by atoms with Crippen molar-refractivity contribution in [3.8, 4) is 33.5 Å². The Morgan fingerprint density at radius 3 is 1.83 bits per heavy atom. The standard InChI is InChI=1S/C34H22N2/c1-2-9-25(10-3-1)33-27-11-5-6-12-28(27)34(30-22-35-21-20-29(30)33)26-16-14-24(15-17-26)32-19-18-23-8-4-7-13-31(23)36-32/h1-22H. The molecule has 2 nitrogen and oxygen atoms in total. The number of benzene rings is 5. The van der Waals surface area contributed by atoms with E-state index in [9.17, 15) is 0 Å². The maximum Gasteiger partial charge on any atom is 0.0709 e. The fourth-order valence-corrected chi connectivity index (χ4v) is 5.28. The molecule has 2 heterocycles. The van der Waals surface area contributed by atoms with Crippen LogP contribution in [-0.4, -0.2) is 9.97 Å². The van der Waals surface area contributed by atoms with Gasteiger partial charge in [-0.05, 0) is 56.6 Å². The van der Waals surface area contributed by atoms with Crippen molar-refractivity contribution >= 4 is 32.4 Å². The fraction of sp³-hybridized carbons (Fsp3) is 0. The van der Waals surface area contributed by atoms with Crippen LogP contribution < -0.4 is 0 Å². The van der Waals surface area contributed by atoms with E-state index in [0.717, 1.165) is 27.5 Å². The quantitative estimate of drug-likeness (QED) is 0.247. The van der Waals surface area contributed by atoms with Crippen LogP contribution in [0.15, 0.2) is 134 Å². The molecule has 0 saturated carbocycles. The molecule has 5 aromatic carbocycles. The lowest BCUT2D eigenvalue weighted by Gasteiger charge is -2.17. The van der Waals surface area contributed by atoms with Crippen LogP contribution in [0.3, 0.4) is 0 Å². The lowest BCUT2D eigenvalue weighted by Crippen LogP contribution is -1.91.